The van der Waals surface area contributed by atoms with Gasteiger partial charge in [0.2, 0.25) is 5.91 Å². The lowest BCUT2D eigenvalue weighted by Gasteiger charge is -2.17. The second-order valence-electron chi connectivity index (χ2n) is 7.34. The van der Waals surface area contributed by atoms with Gasteiger partial charge in [-0.25, -0.2) is 4.98 Å². The molecule has 1 N–H and O–H groups in total. The number of nitrogens with one attached hydrogen (secondary N) is 1. The molecule has 0 unspecified atom stereocenters. The Balaban J connectivity index is 1.88. The minimum Gasteiger partial charge on any atom is -0.325 e. The third kappa shape index (κ3) is 4.62. The minimum atomic E-state index is -0.396. The van der Waals surface area contributed by atoms with Gasteiger partial charge in [-0.2, -0.15) is 0 Å². The van der Waals surface area contributed by atoms with Crippen molar-refractivity contribution in [2.75, 3.05) is 5.32 Å². The molecule has 0 aliphatic rings. The maximum Gasteiger partial charge on any atom is 0.262 e. The smallest absolute Gasteiger partial charge is 0.262 e. The van der Waals surface area contributed by atoms with Crippen molar-refractivity contribution < 1.29 is 4.79 Å². The maximum atomic E-state index is 13.0. The van der Waals surface area contributed by atoms with Crippen molar-refractivity contribution in [1.82, 2.24) is 9.55 Å². The highest BCUT2D eigenvalue weighted by atomic mass is 32.2. The number of aryl methyl sites for hydroxylation is 1. The van der Waals surface area contributed by atoms with Gasteiger partial charge in [0.25, 0.3) is 5.56 Å². The number of nitrogens with zero attached hydrogens (tertiary/aromatic N) is 2. The lowest BCUT2D eigenvalue weighted by molar-refractivity contribution is -0.115. The van der Waals surface area contributed by atoms with Gasteiger partial charge in [-0.1, -0.05) is 55.4 Å². The number of hydrogen-bond donors (Lipinski definition) is 1. The molecule has 1 heterocycles. The zero-order chi connectivity index (χ0) is 20.3. The van der Waals surface area contributed by atoms with E-state index in [4.69, 9.17) is 0 Å². The molecule has 0 radical (unpaired) electrons. The molecule has 2 aromatic carbocycles. The molecular weight excluding hydrogens is 370 g/mol. The molecule has 6 heteroatoms. The van der Waals surface area contributed by atoms with Crippen molar-refractivity contribution in [3.8, 4) is 0 Å². The zero-order valence-electron chi connectivity index (χ0n) is 16.6. The normalized spacial score (nSPS) is 12.3. The second-order valence-corrected chi connectivity index (χ2v) is 8.64. The summed E-state index contributed by atoms with van der Waals surface area (Å²) in [5.41, 5.74) is 2.49. The summed E-state index contributed by atoms with van der Waals surface area (Å²) >= 11 is 1.31. The van der Waals surface area contributed by atoms with Crippen LogP contribution in [-0.4, -0.2) is 20.7 Å². The van der Waals surface area contributed by atoms with Gasteiger partial charge in [-0.3, -0.25) is 14.2 Å². The predicted octanol–water partition coefficient (Wildman–Crippen LogP) is 4.48. The van der Waals surface area contributed by atoms with E-state index < -0.39 is 5.25 Å². The lowest BCUT2D eigenvalue weighted by Crippen LogP contribution is -2.28. The number of aromatic nitrogens is 2. The van der Waals surface area contributed by atoms with Crippen LogP contribution in [0.3, 0.4) is 0 Å². The topological polar surface area (TPSA) is 64.0 Å². The minimum absolute atomic E-state index is 0.0621. The van der Waals surface area contributed by atoms with E-state index in [0.29, 0.717) is 22.6 Å². The average Bonchev–Trinajstić information content (AvgIpc) is 2.66. The van der Waals surface area contributed by atoms with Crippen LogP contribution in [0.5, 0.6) is 0 Å². The number of anilines is 1. The van der Waals surface area contributed by atoms with Crippen molar-refractivity contribution in [2.24, 2.45) is 5.92 Å². The summed E-state index contributed by atoms with van der Waals surface area (Å²) < 4.78 is 1.69. The van der Waals surface area contributed by atoms with Gasteiger partial charge >= 0.3 is 0 Å². The predicted molar refractivity (Wildman–Crippen MR) is 116 cm³/mol. The number of benzene rings is 2. The third-order valence-corrected chi connectivity index (χ3v) is 5.43. The molecule has 3 rings (SSSR count). The van der Waals surface area contributed by atoms with Gasteiger partial charge < -0.3 is 5.32 Å². The summed E-state index contributed by atoms with van der Waals surface area (Å²) in [4.78, 5) is 30.3. The highest BCUT2D eigenvalue weighted by Crippen LogP contribution is 2.24. The molecule has 0 saturated carbocycles. The fourth-order valence-electron chi connectivity index (χ4n) is 2.86. The molecule has 0 spiro atoms. The quantitative estimate of drug-likeness (QED) is 0.494. The number of carbonyl (C=O) groups excluding carboxylic acids is 1. The molecule has 1 atom stereocenters. The van der Waals surface area contributed by atoms with Crippen LogP contribution in [0.4, 0.5) is 5.69 Å². The molecule has 1 aromatic heterocycles. The van der Waals surface area contributed by atoms with Crippen molar-refractivity contribution in [3.63, 3.8) is 0 Å². The standard InChI is InChI=1S/C22H25N3O2S/c1-14(2)13-25-21(27)18-7-5-6-8-19(18)24-22(25)28-16(4)20(26)23-17-11-9-15(3)10-12-17/h5-12,14,16H,13H2,1-4H3,(H,23,26)/t16-/m0/s1. The van der Waals surface area contributed by atoms with E-state index in [1.165, 1.54) is 11.8 Å². The molecule has 28 heavy (non-hydrogen) atoms. The summed E-state index contributed by atoms with van der Waals surface area (Å²) in [6, 6.07) is 15.0. The molecule has 1 amide bonds. The van der Waals surface area contributed by atoms with Crippen LogP contribution in [-0.2, 0) is 11.3 Å². The van der Waals surface area contributed by atoms with Crippen molar-refractivity contribution >= 4 is 34.3 Å². The van der Waals surface area contributed by atoms with Gasteiger partial charge in [-0.05, 0) is 44.0 Å². The van der Waals surface area contributed by atoms with Crippen LogP contribution in [0, 0.1) is 12.8 Å². The highest BCUT2D eigenvalue weighted by molar-refractivity contribution is 8.00. The van der Waals surface area contributed by atoms with Crippen molar-refractivity contribution in [3.05, 3.63) is 64.4 Å². The average molecular weight is 396 g/mol. The lowest BCUT2D eigenvalue weighted by atomic mass is 10.2. The first-order valence-electron chi connectivity index (χ1n) is 9.39. The van der Waals surface area contributed by atoms with Crippen LogP contribution in [0.15, 0.2) is 58.5 Å². The SMILES string of the molecule is Cc1ccc(NC(=O)[C@H](C)Sc2nc3ccccc3c(=O)n2CC(C)C)cc1. The Bertz CT molecular complexity index is 1040. The summed E-state index contributed by atoms with van der Waals surface area (Å²) in [6.45, 7) is 8.51. The molecule has 3 aromatic rings. The van der Waals surface area contributed by atoms with E-state index in [1.54, 1.807) is 10.6 Å². The number of fused-ring (bicyclic) bond motifs is 1. The zero-order valence-corrected chi connectivity index (χ0v) is 17.4. The Morgan fingerprint density at radius 1 is 1.11 bits per heavy atom. The number of carbonyl (C=O) groups is 1. The summed E-state index contributed by atoms with van der Waals surface area (Å²) in [5, 5.41) is 3.70. The number of hydrogen-bond acceptors (Lipinski definition) is 4. The Hall–Kier alpha value is -2.60. The maximum absolute atomic E-state index is 13.0. The van der Waals surface area contributed by atoms with E-state index in [1.807, 2.05) is 56.3 Å². The van der Waals surface area contributed by atoms with Crippen LogP contribution < -0.4 is 10.9 Å². The number of rotatable bonds is 6. The molecular formula is C22H25N3O2S. The Morgan fingerprint density at radius 3 is 2.46 bits per heavy atom. The first-order valence-corrected chi connectivity index (χ1v) is 10.3. The number of thioether (sulfide) groups is 1. The van der Waals surface area contributed by atoms with Crippen molar-refractivity contribution in [1.29, 1.82) is 0 Å². The van der Waals surface area contributed by atoms with Crippen LogP contribution in [0.1, 0.15) is 26.3 Å². The highest BCUT2D eigenvalue weighted by Gasteiger charge is 2.20. The monoisotopic (exact) mass is 395 g/mol. The third-order valence-electron chi connectivity index (χ3n) is 4.34. The van der Waals surface area contributed by atoms with E-state index in [-0.39, 0.29) is 17.4 Å². The van der Waals surface area contributed by atoms with E-state index >= 15 is 0 Å². The fourth-order valence-corrected chi connectivity index (χ4v) is 3.77. The summed E-state index contributed by atoms with van der Waals surface area (Å²) in [5.74, 6) is 0.170. The van der Waals surface area contributed by atoms with Crippen LogP contribution in [0.25, 0.3) is 10.9 Å². The van der Waals surface area contributed by atoms with E-state index in [9.17, 15) is 9.59 Å². The Kier molecular flexibility index (Phi) is 6.19. The van der Waals surface area contributed by atoms with Crippen LogP contribution >= 0.6 is 11.8 Å². The fraction of sp³-hybridized carbons (Fsp3) is 0.318. The van der Waals surface area contributed by atoms with Crippen LogP contribution in [0.2, 0.25) is 0 Å². The molecule has 0 aliphatic carbocycles. The largest absolute Gasteiger partial charge is 0.325 e. The van der Waals surface area contributed by atoms with Gasteiger partial charge in [0, 0.05) is 12.2 Å². The molecule has 0 bridgehead atoms. The van der Waals surface area contributed by atoms with Gasteiger partial charge in [-0.15, -0.1) is 0 Å². The number of amides is 1. The molecule has 0 saturated heterocycles. The van der Waals surface area contributed by atoms with Gasteiger partial charge in [0.15, 0.2) is 5.16 Å². The Morgan fingerprint density at radius 2 is 1.79 bits per heavy atom. The molecule has 5 nitrogen and oxygen atoms in total. The number of para-hydroxylation sites is 1. The second kappa shape index (κ2) is 8.61. The first kappa shape index (κ1) is 20.1. The summed E-state index contributed by atoms with van der Waals surface area (Å²) in [6.07, 6.45) is 0. The molecule has 0 aliphatic heterocycles. The van der Waals surface area contributed by atoms with E-state index in [0.717, 1.165) is 11.3 Å². The Labute approximate surface area is 169 Å². The van der Waals surface area contributed by atoms with Gasteiger partial charge in [0.1, 0.15) is 0 Å². The molecule has 146 valence electrons. The molecule has 0 fully saturated rings. The van der Waals surface area contributed by atoms with Crippen molar-refractivity contribution in [2.45, 2.75) is 44.6 Å². The summed E-state index contributed by atoms with van der Waals surface area (Å²) in [7, 11) is 0. The first-order chi connectivity index (χ1) is 13.3. The van der Waals surface area contributed by atoms with Gasteiger partial charge in [0.05, 0.1) is 16.2 Å². The van der Waals surface area contributed by atoms with E-state index in [2.05, 4.69) is 24.1 Å².